The Kier molecular flexibility index (Phi) is 8.35. The Balaban J connectivity index is 0.00000300. The normalized spacial score (nSPS) is 15.7. The van der Waals surface area contributed by atoms with Gasteiger partial charge >= 0.3 is 6.18 Å². The predicted molar refractivity (Wildman–Crippen MR) is 114 cm³/mol. The van der Waals surface area contributed by atoms with Crippen LogP contribution in [0.5, 0.6) is 11.6 Å². The van der Waals surface area contributed by atoms with E-state index in [2.05, 4.69) is 20.6 Å². The van der Waals surface area contributed by atoms with Crippen LogP contribution in [0.4, 0.5) is 13.2 Å². The SMILES string of the molecule is CN=C(NCc1cccnc1OCC(F)(F)F)NCC1Cc2ccccc2O1.I. The highest BCUT2D eigenvalue weighted by Gasteiger charge is 2.29. The van der Waals surface area contributed by atoms with Crippen LogP contribution in [0.15, 0.2) is 47.6 Å². The Morgan fingerprint density at radius 3 is 2.76 bits per heavy atom. The van der Waals surface area contributed by atoms with Crippen molar-refractivity contribution in [3.05, 3.63) is 53.7 Å². The molecule has 0 spiro atoms. The standard InChI is InChI=1S/C19H21F3N4O2.HI/c1-23-18(26-11-15-9-13-5-2-3-7-16(13)28-15)25-10-14-6-4-8-24-17(14)27-12-19(20,21)22;/h2-8,15H,9-12H2,1H3,(H2,23,25,26);1H. The van der Waals surface area contributed by atoms with E-state index in [1.54, 1.807) is 19.2 Å². The van der Waals surface area contributed by atoms with Gasteiger partial charge in [0.25, 0.3) is 0 Å². The average Bonchev–Trinajstić information content (AvgIpc) is 3.09. The van der Waals surface area contributed by atoms with Gasteiger partial charge in [0.05, 0.1) is 6.54 Å². The number of pyridine rings is 1. The second kappa shape index (κ2) is 10.5. The van der Waals surface area contributed by atoms with Crippen molar-refractivity contribution in [2.75, 3.05) is 20.2 Å². The van der Waals surface area contributed by atoms with E-state index in [1.807, 2.05) is 24.3 Å². The number of para-hydroxylation sites is 1. The summed E-state index contributed by atoms with van der Waals surface area (Å²) in [5.41, 5.74) is 1.67. The molecule has 158 valence electrons. The summed E-state index contributed by atoms with van der Waals surface area (Å²) in [4.78, 5) is 8.00. The number of aromatic nitrogens is 1. The fourth-order valence-electron chi connectivity index (χ4n) is 2.82. The predicted octanol–water partition coefficient (Wildman–Crippen LogP) is 3.31. The number of benzene rings is 1. The third-order valence-electron chi connectivity index (χ3n) is 4.10. The summed E-state index contributed by atoms with van der Waals surface area (Å²) in [7, 11) is 1.61. The lowest BCUT2D eigenvalue weighted by molar-refractivity contribution is -0.154. The highest BCUT2D eigenvalue weighted by Crippen LogP contribution is 2.27. The number of fused-ring (bicyclic) bond motifs is 1. The maximum atomic E-state index is 12.4. The first-order chi connectivity index (χ1) is 13.4. The second-order valence-electron chi connectivity index (χ2n) is 6.23. The molecule has 2 heterocycles. The lowest BCUT2D eigenvalue weighted by Gasteiger charge is -2.16. The topological polar surface area (TPSA) is 67.8 Å². The summed E-state index contributed by atoms with van der Waals surface area (Å²) in [5, 5.41) is 6.22. The molecule has 0 amide bonds. The van der Waals surface area contributed by atoms with Gasteiger partial charge in [-0.1, -0.05) is 24.3 Å². The van der Waals surface area contributed by atoms with Gasteiger partial charge in [0, 0.05) is 31.8 Å². The molecule has 10 heteroatoms. The number of guanidine groups is 1. The molecule has 1 aromatic heterocycles. The minimum Gasteiger partial charge on any atom is -0.488 e. The third kappa shape index (κ3) is 6.94. The van der Waals surface area contributed by atoms with Crippen molar-refractivity contribution < 1.29 is 22.6 Å². The summed E-state index contributed by atoms with van der Waals surface area (Å²) >= 11 is 0. The Morgan fingerprint density at radius 2 is 2.03 bits per heavy atom. The highest BCUT2D eigenvalue weighted by molar-refractivity contribution is 14.0. The van der Waals surface area contributed by atoms with Crippen molar-refractivity contribution in [3.63, 3.8) is 0 Å². The number of halogens is 4. The number of nitrogens with zero attached hydrogens (tertiary/aromatic N) is 2. The summed E-state index contributed by atoms with van der Waals surface area (Å²) in [6.45, 7) is -0.630. The van der Waals surface area contributed by atoms with Crippen molar-refractivity contribution in [1.29, 1.82) is 0 Å². The van der Waals surface area contributed by atoms with Crippen molar-refractivity contribution in [2.24, 2.45) is 4.99 Å². The van der Waals surface area contributed by atoms with Gasteiger partial charge < -0.3 is 20.1 Å². The van der Waals surface area contributed by atoms with Crippen LogP contribution in [-0.4, -0.2) is 43.4 Å². The van der Waals surface area contributed by atoms with E-state index >= 15 is 0 Å². The maximum Gasteiger partial charge on any atom is 0.422 e. The van der Waals surface area contributed by atoms with E-state index in [0.29, 0.717) is 18.1 Å². The van der Waals surface area contributed by atoms with E-state index < -0.39 is 12.8 Å². The molecule has 6 nitrogen and oxygen atoms in total. The molecule has 1 aliphatic rings. The van der Waals surface area contributed by atoms with E-state index in [1.165, 1.54) is 11.8 Å². The van der Waals surface area contributed by atoms with Crippen LogP contribution in [0, 0.1) is 0 Å². The van der Waals surface area contributed by atoms with Gasteiger partial charge in [0.15, 0.2) is 12.6 Å². The lowest BCUT2D eigenvalue weighted by Crippen LogP contribution is -2.42. The number of hydrogen-bond donors (Lipinski definition) is 2. The van der Waals surface area contributed by atoms with Crippen molar-refractivity contribution in [3.8, 4) is 11.6 Å². The van der Waals surface area contributed by atoms with Crippen LogP contribution in [0.25, 0.3) is 0 Å². The second-order valence-corrected chi connectivity index (χ2v) is 6.23. The molecule has 0 saturated carbocycles. The fourth-order valence-corrected chi connectivity index (χ4v) is 2.82. The van der Waals surface area contributed by atoms with E-state index in [4.69, 9.17) is 9.47 Å². The number of rotatable bonds is 6. The molecule has 0 saturated heterocycles. The first kappa shape index (κ1) is 23.0. The van der Waals surface area contributed by atoms with Gasteiger partial charge in [0.1, 0.15) is 11.9 Å². The quantitative estimate of drug-likeness (QED) is 0.347. The molecule has 1 aliphatic heterocycles. The molecule has 0 bridgehead atoms. The molecular formula is C19H22F3IN4O2. The van der Waals surface area contributed by atoms with Gasteiger partial charge in [-0.05, 0) is 17.7 Å². The molecule has 3 rings (SSSR count). The zero-order valence-corrected chi connectivity index (χ0v) is 18.0. The van der Waals surface area contributed by atoms with Gasteiger partial charge in [-0.2, -0.15) is 13.2 Å². The van der Waals surface area contributed by atoms with Crippen LogP contribution in [0.2, 0.25) is 0 Å². The molecule has 0 radical (unpaired) electrons. The molecule has 0 fully saturated rings. The van der Waals surface area contributed by atoms with Crippen molar-refractivity contribution in [1.82, 2.24) is 15.6 Å². The molecule has 1 aromatic carbocycles. The van der Waals surface area contributed by atoms with Crippen LogP contribution >= 0.6 is 24.0 Å². The van der Waals surface area contributed by atoms with Crippen LogP contribution < -0.4 is 20.1 Å². The van der Waals surface area contributed by atoms with Gasteiger partial charge in [-0.15, -0.1) is 24.0 Å². The zero-order chi connectivity index (χ0) is 20.0. The largest absolute Gasteiger partial charge is 0.488 e. The first-order valence-corrected chi connectivity index (χ1v) is 8.77. The smallest absolute Gasteiger partial charge is 0.422 e. The van der Waals surface area contributed by atoms with Crippen molar-refractivity contribution in [2.45, 2.75) is 25.2 Å². The maximum absolute atomic E-state index is 12.4. The van der Waals surface area contributed by atoms with E-state index in [0.717, 1.165) is 12.2 Å². The Bertz CT molecular complexity index is 808. The lowest BCUT2D eigenvalue weighted by atomic mass is 10.1. The minimum atomic E-state index is -4.42. The molecule has 1 atom stereocenters. The number of hydrogen-bond acceptors (Lipinski definition) is 4. The average molecular weight is 522 g/mol. The monoisotopic (exact) mass is 522 g/mol. The molecule has 29 heavy (non-hydrogen) atoms. The molecule has 2 aromatic rings. The molecule has 0 aliphatic carbocycles. The van der Waals surface area contributed by atoms with Crippen molar-refractivity contribution >= 4 is 29.9 Å². The first-order valence-electron chi connectivity index (χ1n) is 8.77. The molecule has 2 N–H and O–H groups in total. The number of alkyl halides is 3. The Hall–Kier alpha value is -2.24. The Morgan fingerprint density at radius 1 is 1.24 bits per heavy atom. The summed E-state index contributed by atoms with van der Waals surface area (Å²) in [6.07, 6.45) is -2.24. The molecule has 1 unspecified atom stereocenters. The molecular weight excluding hydrogens is 500 g/mol. The third-order valence-corrected chi connectivity index (χ3v) is 4.10. The van der Waals surface area contributed by atoms with Crippen LogP contribution in [0.3, 0.4) is 0 Å². The Labute approximate surface area is 183 Å². The fraction of sp³-hybridized carbons (Fsp3) is 0.368. The van der Waals surface area contributed by atoms with Gasteiger partial charge in [0.2, 0.25) is 5.88 Å². The summed E-state index contributed by atoms with van der Waals surface area (Å²) in [6, 6.07) is 11.2. The highest BCUT2D eigenvalue weighted by atomic mass is 127. The van der Waals surface area contributed by atoms with E-state index in [9.17, 15) is 13.2 Å². The van der Waals surface area contributed by atoms with Gasteiger partial charge in [-0.3, -0.25) is 4.99 Å². The zero-order valence-electron chi connectivity index (χ0n) is 15.7. The van der Waals surface area contributed by atoms with Crippen LogP contribution in [-0.2, 0) is 13.0 Å². The summed E-state index contributed by atoms with van der Waals surface area (Å²) < 4.78 is 47.8. The van der Waals surface area contributed by atoms with E-state index in [-0.39, 0.29) is 42.5 Å². The number of nitrogens with one attached hydrogen (secondary N) is 2. The van der Waals surface area contributed by atoms with Crippen LogP contribution in [0.1, 0.15) is 11.1 Å². The summed E-state index contributed by atoms with van der Waals surface area (Å²) in [5.74, 6) is 1.33. The number of ether oxygens (including phenoxy) is 2. The minimum absolute atomic E-state index is 0. The number of aliphatic imine (C=N–C) groups is 1. The van der Waals surface area contributed by atoms with Gasteiger partial charge in [-0.25, -0.2) is 4.98 Å².